The largest absolute Gasteiger partial charge is 2.00 e. The Bertz CT molecular complexity index is 709. The maximum Gasteiger partial charge on any atom is 2.00 e. The summed E-state index contributed by atoms with van der Waals surface area (Å²) in [7, 11) is 0. The first-order chi connectivity index (χ1) is 11.5. The molecule has 2 rings (SSSR count). The van der Waals surface area contributed by atoms with Gasteiger partial charge >= 0.3 is 17.1 Å². The summed E-state index contributed by atoms with van der Waals surface area (Å²) in [5.74, 6) is -0.866. The second-order valence-corrected chi connectivity index (χ2v) is 5.45. The van der Waals surface area contributed by atoms with Crippen LogP contribution in [0.3, 0.4) is 0 Å². The Hall–Kier alpha value is -2.10. The van der Waals surface area contributed by atoms with Crippen molar-refractivity contribution in [1.82, 2.24) is 0 Å². The Morgan fingerprint density at radius 3 is 1.40 bits per heavy atom. The van der Waals surface area contributed by atoms with Crippen molar-refractivity contribution in [2.45, 2.75) is 39.5 Å². The fourth-order valence-electron chi connectivity index (χ4n) is 2.15. The van der Waals surface area contributed by atoms with Crippen LogP contribution in [0, 0.1) is 0 Å². The minimum Gasteiger partial charge on any atom is -0.870 e. The molecule has 5 heteroatoms. The van der Waals surface area contributed by atoms with E-state index in [9.17, 15) is 19.8 Å². The molecule has 0 N–H and O–H groups in total. The normalized spacial score (nSPS) is 9.36. The predicted molar refractivity (Wildman–Crippen MR) is 92.3 cm³/mol. The molecule has 0 heterocycles. The second kappa shape index (κ2) is 12.3. The molecule has 4 nitrogen and oxygen atoms in total. The molecule has 0 fully saturated rings. The van der Waals surface area contributed by atoms with Crippen molar-refractivity contribution in [2.24, 2.45) is 0 Å². The maximum atomic E-state index is 11.0. The first kappa shape index (κ1) is 22.9. The van der Waals surface area contributed by atoms with Crippen LogP contribution < -0.4 is 21.1 Å². The molecule has 0 atom stereocenters. The summed E-state index contributed by atoms with van der Waals surface area (Å²) in [4.78, 5) is 22.0. The van der Waals surface area contributed by atoms with E-state index >= 15 is 0 Å². The number of hydrogen-bond acceptors (Lipinski definition) is 4. The molecule has 2 aromatic carbocycles. The third-order valence-electron chi connectivity index (χ3n) is 3.31. The van der Waals surface area contributed by atoms with E-state index in [1.165, 1.54) is 24.3 Å². The van der Waals surface area contributed by atoms with Gasteiger partial charge in [0.1, 0.15) is 0 Å². The van der Waals surface area contributed by atoms with Crippen LogP contribution in [0.4, 0.5) is 0 Å². The molecule has 0 unspecified atom stereocenters. The van der Waals surface area contributed by atoms with Gasteiger partial charge in [-0.1, -0.05) is 74.6 Å². The Morgan fingerprint density at radius 2 is 1.08 bits per heavy atom. The van der Waals surface area contributed by atoms with E-state index in [2.05, 4.69) is 0 Å². The van der Waals surface area contributed by atoms with E-state index in [0.717, 1.165) is 36.8 Å². The SMILES string of the molecule is CCCc1cccc([O-])c(=O)c1.CCCc1cccc([O-])c(=O)c1.[Cu+2]. The van der Waals surface area contributed by atoms with Gasteiger partial charge in [0.25, 0.3) is 0 Å². The van der Waals surface area contributed by atoms with Gasteiger partial charge in [-0.3, -0.25) is 9.59 Å². The summed E-state index contributed by atoms with van der Waals surface area (Å²) in [6.45, 7) is 4.07. The molecule has 0 aromatic heterocycles. The van der Waals surface area contributed by atoms with E-state index in [4.69, 9.17) is 0 Å². The molecule has 0 saturated heterocycles. The Labute approximate surface area is 158 Å². The van der Waals surface area contributed by atoms with Crippen LogP contribution in [0.5, 0.6) is 11.5 Å². The predicted octanol–water partition coefficient (Wildman–Crippen LogP) is 2.14. The number of rotatable bonds is 4. The van der Waals surface area contributed by atoms with Crippen molar-refractivity contribution in [3.05, 3.63) is 80.1 Å². The van der Waals surface area contributed by atoms with Gasteiger partial charge in [0, 0.05) is 0 Å². The van der Waals surface area contributed by atoms with Crippen LogP contribution in [0.1, 0.15) is 37.8 Å². The average molecular weight is 390 g/mol. The third kappa shape index (κ3) is 8.52. The molecule has 0 aliphatic rings. The van der Waals surface area contributed by atoms with Gasteiger partial charge < -0.3 is 10.2 Å². The van der Waals surface area contributed by atoms with Gasteiger partial charge in [-0.2, -0.15) is 0 Å². The Morgan fingerprint density at radius 1 is 0.720 bits per heavy atom. The molecular formula is C20H22CuO4. The topological polar surface area (TPSA) is 80.3 Å². The van der Waals surface area contributed by atoms with Gasteiger partial charge in [-0.25, -0.2) is 0 Å². The van der Waals surface area contributed by atoms with E-state index in [1.54, 1.807) is 12.1 Å². The summed E-state index contributed by atoms with van der Waals surface area (Å²) in [6.07, 6.45) is 3.67. The standard InChI is InChI=1S/2C10H12O2.Cu/c2*1-2-4-8-5-3-6-9(11)10(12)7-8;/h2*3,5-7H,2,4H2,1H3,(H,11,12);/q;;+2/p-2. The second-order valence-electron chi connectivity index (χ2n) is 5.45. The number of aryl methyl sites for hydroxylation is 2. The van der Waals surface area contributed by atoms with Gasteiger partial charge in [0.2, 0.25) is 0 Å². The molecule has 137 valence electrons. The van der Waals surface area contributed by atoms with Crippen molar-refractivity contribution in [2.75, 3.05) is 0 Å². The van der Waals surface area contributed by atoms with Crippen LogP contribution in [0.2, 0.25) is 0 Å². The summed E-state index contributed by atoms with van der Waals surface area (Å²) in [6, 6.07) is 12.3. The molecule has 2 aromatic rings. The van der Waals surface area contributed by atoms with E-state index < -0.39 is 22.4 Å². The Kier molecular flexibility index (Phi) is 11.3. The summed E-state index contributed by atoms with van der Waals surface area (Å²) in [5.41, 5.74) is 1.04. The zero-order valence-corrected chi connectivity index (χ0v) is 15.3. The van der Waals surface area contributed by atoms with Crippen molar-refractivity contribution >= 4 is 0 Å². The number of hydrogen-bond donors (Lipinski definition) is 0. The quantitative estimate of drug-likeness (QED) is 0.750. The fourth-order valence-corrected chi connectivity index (χ4v) is 2.15. The summed E-state index contributed by atoms with van der Waals surface area (Å²) in [5, 5.41) is 21.7. The summed E-state index contributed by atoms with van der Waals surface area (Å²) < 4.78 is 0. The molecular weight excluding hydrogens is 368 g/mol. The van der Waals surface area contributed by atoms with Crippen molar-refractivity contribution in [1.29, 1.82) is 0 Å². The van der Waals surface area contributed by atoms with E-state index in [1.807, 2.05) is 26.0 Å². The first-order valence-corrected chi connectivity index (χ1v) is 8.08. The average Bonchev–Trinajstić information content (AvgIpc) is 2.79. The van der Waals surface area contributed by atoms with Crippen molar-refractivity contribution in [3.8, 4) is 11.5 Å². The molecule has 1 radical (unpaired) electrons. The molecule has 0 aliphatic carbocycles. The zero-order valence-electron chi connectivity index (χ0n) is 14.4. The van der Waals surface area contributed by atoms with E-state index in [0.29, 0.717) is 0 Å². The van der Waals surface area contributed by atoms with Crippen molar-refractivity contribution < 1.29 is 27.3 Å². The zero-order chi connectivity index (χ0) is 17.9. The van der Waals surface area contributed by atoms with Gasteiger partial charge in [0.05, 0.1) is 0 Å². The molecule has 0 bridgehead atoms. The summed E-state index contributed by atoms with van der Waals surface area (Å²) >= 11 is 0. The minimum absolute atomic E-state index is 0. The van der Waals surface area contributed by atoms with Gasteiger partial charge in [-0.15, -0.1) is 0 Å². The van der Waals surface area contributed by atoms with Gasteiger partial charge in [-0.05, 0) is 36.1 Å². The van der Waals surface area contributed by atoms with Crippen LogP contribution in [-0.4, -0.2) is 0 Å². The monoisotopic (exact) mass is 389 g/mol. The molecule has 0 amide bonds. The van der Waals surface area contributed by atoms with Crippen LogP contribution >= 0.6 is 0 Å². The van der Waals surface area contributed by atoms with Gasteiger partial charge in [0.15, 0.2) is 10.9 Å². The fraction of sp³-hybridized carbons (Fsp3) is 0.300. The molecule has 0 saturated carbocycles. The van der Waals surface area contributed by atoms with Crippen LogP contribution in [0.15, 0.2) is 58.1 Å². The first-order valence-electron chi connectivity index (χ1n) is 8.08. The smallest absolute Gasteiger partial charge is 0.870 e. The minimum atomic E-state index is -0.433. The molecule has 25 heavy (non-hydrogen) atoms. The molecule has 0 aliphatic heterocycles. The third-order valence-corrected chi connectivity index (χ3v) is 3.31. The van der Waals surface area contributed by atoms with Crippen molar-refractivity contribution in [3.63, 3.8) is 0 Å². The van der Waals surface area contributed by atoms with Crippen LogP contribution in [0.25, 0.3) is 0 Å². The van der Waals surface area contributed by atoms with Crippen LogP contribution in [-0.2, 0) is 29.9 Å². The van der Waals surface area contributed by atoms with E-state index in [-0.39, 0.29) is 17.1 Å². The maximum absolute atomic E-state index is 11.0. The molecule has 0 spiro atoms. The Balaban J connectivity index is 0.000000443.